The van der Waals surface area contributed by atoms with E-state index in [2.05, 4.69) is 4.98 Å². The summed E-state index contributed by atoms with van der Waals surface area (Å²) in [5, 5.41) is 10.4. The number of halogens is 2. The summed E-state index contributed by atoms with van der Waals surface area (Å²) in [5.41, 5.74) is 3.53. The van der Waals surface area contributed by atoms with Crippen molar-refractivity contribution in [3.8, 4) is 11.1 Å². The van der Waals surface area contributed by atoms with Gasteiger partial charge in [0.15, 0.2) is 5.58 Å². The number of furan rings is 1. The topological polar surface area (TPSA) is 66.2 Å². The first kappa shape index (κ1) is 13.7. The van der Waals surface area contributed by atoms with E-state index < -0.39 is 5.97 Å². The molecule has 4 rings (SSSR count). The summed E-state index contributed by atoms with van der Waals surface area (Å²) in [6.45, 7) is 0. The van der Waals surface area contributed by atoms with Crippen LogP contribution in [-0.2, 0) is 0 Å². The van der Waals surface area contributed by atoms with Crippen molar-refractivity contribution in [3.63, 3.8) is 0 Å². The van der Waals surface area contributed by atoms with Gasteiger partial charge in [-0.2, -0.15) is 0 Å². The number of rotatable bonds is 3. The highest BCUT2D eigenvalue weighted by atomic mass is 35.5. The van der Waals surface area contributed by atoms with E-state index in [-0.39, 0.29) is 5.69 Å². The molecule has 2 heterocycles. The van der Waals surface area contributed by atoms with Crippen molar-refractivity contribution in [1.29, 1.82) is 0 Å². The van der Waals surface area contributed by atoms with Crippen LogP contribution in [0.1, 0.15) is 34.8 Å². The van der Waals surface area contributed by atoms with Crippen LogP contribution in [0.25, 0.3) is 22.2 Å². The highest BCUT2D eigenvalue weighted by Crippen LogP contribution is 2.46. The van der Waals surface area contributed by atoms with Gasteiger partial charge in [0.05, 0.1) is 17.3 Å². The molecule has 0 radical (unpaired) electrons. The number of hydrogen-bond donors (Lipinski definition) is 2. The first-order valence-electron chi connectivity index (χ1n) is 6.87. The van der Waals surface area contributed by atoms with Crippen LogP contribution in [0.2, 0.25) is 10.0 Å². The van der Waals surface area contributed by atoms with Crippen molar-refractivity contribution in [2.75, 3.05) is 0 Å². The molecule has 1 aliphatic carbocycles. The van der Waals surface area contributed by atoms with Gasteiger partial charge in [-0.05, 0) is 42.5 Å². The predicted octanol–water partition coefficient (Wildman–Crippen LogP) is 5.31. The third-order valence-corrected chi connectivity index (χ3v) is 4.37. The lowest BCUT2D eigenvalue weighted by Gasteiger charge is -2.03. The Balaban J connectivity index is 2.02. The number of aromatic nitrogens is 1. The number of H-pyrrole nitrogens is 1. The van der Waals surface area contributed by atoms with Gasteiger partial charge >= 0.3 is 5.97 Å². The zero-order chi connectivity index (χ0) is 15.4. The number of carboxylic acids is 1. The van der Waals surface area contributed by atoms with Crippen molar-refractivity contribution in [1.82, 2.24) is 4.98 Å². The third-order valence-electron chi connectivity index (χ3n) is 3.93. The van der Waals surface area contributed by atoms with Crippen LogP contribution in [0.4, 0.5) is 0 Å². The zero-order valence-electron chi connectivity index (χ0n) is 11.3. The summed E-state index contributed by atoms with van der Waals surface area (Å²) in [6, 6.07) is 4.97. The molecule has 112 valence electrons. The maximum atomic E-state index is 11.6. The molecule has 1 saturated carbocycles. The van der Waals surface area contributed by atoms with E-state index in [0.29, 0.717) is 32.7 Å². The molecule has 2 N–H and O–H groups in total. The predicted molar refractivity (Wildman–Crippen MR) is 85.0 cm³/mol. The second-order valence-electron chi connectivity index (χ2n) is 5.51. The maximum Gasteiger partial charge on any atom is 0.353 e. The minimum Gasteiger partial charge on any atom is -0.477 e. The van der Waals surface area contributed by atoms with E-state index in [9.17, 15) is 9.90 Å². The monoisotopic (exact) mass is 335 g/mol. The Morgan fingerprint density at radius 3 is 2.50 bits per heavy atom. The molecular formula is C16H11Cl2NO3. The average molecular weight is 336 g/mol. The molecule has 0 aliphatic heterocycles. The second kappa shape index (κ2) is 4.80. The fourth-order valence-electron chi connectivity index (χ4n) is 2.81. The third kappa shape index (κ3) is 2.11. The highest BCUT2D eigenvalue weighted by molar-refractivity contribution is 6.35. The number of fused-ring (bicyclic) bond motifs is 1. The minimum absolute atomic E-state index is 0.0922. The van der Waals surface area contributed by atoms with E-state index >= 15 is 0 Å². The second-order valence-corrected chi connectivity index (χ2v) is 6.38. The lowest BCUT2D eigenvalue weighted by atomic mass is 10.0. The van der Waals surface area contributed by atoms with Gasteiger partial charge < -0.3 is 14.5 Å². The van der Waals surface area contributed by atoms with Gasteiger partial charge in [0.25, 0.3) is 0 Å². The molecule has 4 nitrogen and oxygen atoms in total. The van der Waals surface area contributed by atoms with E-state index in [1.54, 1.807) is 24.5 Å². The van der Waals surface area contributed by atoms with Crippen LogP contribution in [0, 0.1) is 0 Å². The Morgan fingerprint density at radius 1 is 1.23 bits per heavy atom. The lowest BCUT2D eigenvalue weighted by molar-refractivity contribution is 0.0692. The summed E-state index contributed by atoms with van der Waals surface area (Å²) in [7, 11) is 0. The number of benzene rings is 1. The van der Waals surface area contributed by atoms with Gasteiger partial charge in [0, 0.05) is 15.6 Å². The molecule has 0 amide bonds. The zero-order valence-corrected chi connectivity index (χ0v) is 12.8. The standard InChI is InChI=1S/C16H11Cl2NO3/c17-9-3-8(4-10(18)5-9)12-14(16(20)21)19-13-11(7-1-2-7)6-22-15(12)13/h3-7,19H,1-2H2,(H,20,21). The van der Waals surface area contributed by atoms with Crippen LogP contribution in [0.15, 0.2) is 28.9 Å². The lowest BCUT2D eigenvalue weighted by Crippen LogP contribution is -1.99. The van der Waals surface area contributed by atoms with Crippen molar-refractivity contribution < 1.29 is 14.3 Å². The molecular weight excluding hydrogens is 325 g/mol. The van der Waals surface area contributed by atoms with Crippen molar-refractivity contribution >= 4 is 40.3 Å². The van der Waals surface area contributed by atoms with Gasteiger partial charge in [-0.3, -0.25) is 0 Å². The van der Waals surface area contributed by atoms with Crippen molar-refractivity contribution in [3.05, 3.63) is 45.8 Å². The SMILES string of the molecule is O=C(O)c1[nH]c2c(C3CC3)coc2c1-c1cc(Cl)cc(Cl)c1. The van der Waals surface area contributed by atoms with Crippen molar-refractivity contribution in [2.24, 2.45) is 0 Å². The molecule has 1 fully saturated rings. The number of aromatic amines is 1. The van der Waals surface area contributed by atoms with E-state index in [1.807, 2.05) is 0 Å². The van der Waals surface area contributed by atoms with E-state index in [1.165, 1.54) is 0 Å². The summed E-state index contributed by atoms with van der Waals surface area (Å²) in [4.78, 5) is 14.6. The Hall–Kier alpha value is -1.91. The largest absolute Gasteiger partial charge is 0.477 e. The molecule has 1 aromatic carbocycles. The number of nitrogens with one attached hydrogen (secondary N) is 1. The van der Waals surface area contributed by atoms with E-state index in [0.717, 1.165) is 23.9 Å². The maximum absolute atomic E-state index is 11.6. The van der Waals surface area contributed by atoms with Crippen LogP contribution < -0.4 is 0 Å². The molecule has 0 atom stereocenters. The Morgan fingerprint density at radius 2 is 1.91 bits per heavy atom. The molecule has 22 heavy (non-hydrogen) atoms. The average Bonchev–Trinajstić information content (AvgIpc) is 3.07. The molecule has 1 aliphatic rings. The van der Waals surface area contributed by atoms with E-state index in [4.69, 9.17) is 27.6 Å². The minimum atomic E-state index is -1.04. The normalized spacial score (nSPS) is 14.6. The molecule has 6 heteroatoms. The first-order valence-corrected chi connectivity index (χ1v) is 7.63. The molecule has 0 bridgehead atoms. The van der Waals surface area contributed by atoms with Gasteiger partial charge in [-0.1, -0.05) is 23.2 Å². The smallest absolute Gasteiger partial charge is 0.353 e. The van der Waals surface area contributed by atoms with Crippen molar-refractivity contribution in [2.45, 2.75) is 18.8 Å². The quantitative estimate of drug-likeness (QED) is 0.681. The highest BCUT2D eigenvalue weighted by Gasteiger charge is 2.31. The number of hydrogen-bond acceptors (Lipinski definition) is 2. The number of carbonyl (C=O) groups is 1. The Bertz CT molecular complexity index is 885. The fourth-order valence-corrected chi connectivity index (χ4v) is 3.34. The molecule has 0 spiro atoms. The summed E-state index contributed by atoms with van der Waals surface area (Å²) in [5.74, 6) is -0.586. The van der Waals surface area contributed by atoms with Crippen LogP contribution in [0.3, 0.4) is 0 Å². The Kier molecular flexibility index (Phi) is 2.99. The molecule has 2 aromatic heterocycles. The number of carboxylic acid groups (broad SMARTS) is 1. The van der Waals surface area contributed by atoms with Gasteiger partial charge in [-0.15, -0.1) is 0 Å². The summed E-state index contributed by atoms with van der Waals surface area (Å²) >= 11 is 12.1. The van der Waals surface area contributed by atoms with Crippen LogP contribution in [0.5, 0.6) is 0 Å². The molecule has 0 unspecified atom stereocenters. The summed E-state index contributed by atoms with van der Waals surface area (Å²) < 4.78 is 5.67. The van der Waals surface area contributed by atoms with Gasteiger partial charge in [0.2, 0.25) is 0 Å². The van der Waals surface area contributed by atoms with Gasteiger partial charge in [-0.25, -0.2) is 4.79 Å². The molecule has 3 aromatic rings. The first-order chi connectivity index (χ1) is 10.5. The fraction of sp³-hybridized carbons (Fsp3) is 0.188. The number of aromatic carboxylic acids is 1. The van der Waals surface area contributed by atoms with Gasteiger partial charge in [0.1, 0.15) is 5.69 Å². The summed E-state index contributed by atoms with van der Waals surface area (Å²) in [6.07, 6.45) is 3.92. The van der Waals surface area contributed by atoms with Crippen LogP contribution >= 0.6 is 23.2 Å². The Labute approximate surface area is 135 Å². The van der Waals surface area contributed by atoms with Crippen LogP contribution in [-0.4, -0.2) is 16.1 Å². The molecule has 0 saturated heterocycles.